The van der Waals surface area contributed by atoms with Crippen LogP contribution in [0.5, 0.6) is 5.75 Å². The highest BCUT2D eigenvalue weighted by atomic mass is 32.2. The second-order valence-electron chi connectivity index (χ2n) is 4.66. The minimum atomic E-state index is -3.16. The average molecular weight is 270 g/mol. The Hall–Kier alpha value is -1.14. The fourth-order valence-corrected chi connectivity index (χ4v) is 3.26. The van der Waals surface area contributed by atoms with E-state index in [-0.39, 0.29) is 11.4 Å². The Bertz CT molecular complexity index is 487. The minimum Gasteiger partial charge on any atom is -0.489 e. The van der Waals surface area contributed by atoms with Gasteiger partial charge in [-0.15, -0.1) is 0 Å². The van der Waals surface area contributed by atoms with Gasteiger partial charge in [0.2, 0.25) is 10.0 Å². The molecule has 0 aliphatic carbocycles. The zero-order chi connectivity index (χ0) is 13.2. The number of sulfonamides is 1. The Balaban J connectivity index is 1.97. The van der Waals surface area contributed by atoms with E-state index in [1.165, 1.54) is 4.31 Å². The molecule has 1 saturated heterocycles. The molecule has 6 heteroatoms. The van der Waals surface area contributed by atoms with Crippen molar-refractivity contribution in [3.05, 3.63) is 24.5 Å². The van der Waals surface area contributed by atoms with Crippen molar-refractivity contribution in [2.24, 2.45) is 0 Å². The van der Waals surface area contributed by atoms with E-state index in [0.717, 1.165) is 12.2 Å². The molecule has 1 fully saturated rings. The number of nitrogens with zero attached hydrogens (tertiary/aromatic N) is 2. The molecule has 0 saturated carbocycles. The van der Waals surface area contributed by atoms with Gasteiger partial charge in [-0.2, -0.15) is 4.31 Å². The average Bonchev–Trinajstić information content (AvgIpc) is 2.79. The van der Waals surface area contributed by atoms with Crippen LogP contribution < -0.4 is 4.74 Å². The van der Waals surface area contributed by atoms with Gasteiger partial charge in [-0.3, -0.25) is 4.98 Å². The maximum atomic E-state index is 12.0. The molecule has 0 N–H and O–H groups in total. The van der Waals surface area contributed by atoms with E-state index >= 15 is 0 Å². The molecular formula is C12H18N2O3S. The van der Waals surface area contributed by atoms with Crippen molar-refractivity contribution in [3.63, 3.8) is 0 Å². The summed E-state index contributed by atoms with van der Waals surface area (Å²) in [6, 6.07) is 3.55. The Kier molecular flexibility index (Phi) is 3.87. The summed E-state index contributed by atoms with van der Waals surface area (Å²) in [5.41, 5.74) is 0. The molecule has 2 heterocycles. The van der Waals surface area contributed by atoms with E-state index in [9.17, 15) is 8.42 Å². The molecule has 0 spiro atoms. The van der Waals surface area contributed by atoms with Crippen LogP contribution in [0.15, 0.2) is 24.5 Å². The number of hydrogen-bond donors (Lipinski definition) is 0. The van der Waals surface area contributed by atoms with E-state index < -0.39 is 10.0 Å². The molecule has 1 aromatic heterocycles. The van der Waals surface area contributed by atoms with Crippen LogP contribution in [0.4, 0.5) is 0 Å². The van der Waals surface area contributed by atoms with Crippen LogP contribution >= 0.6 is 0 Å². The lowest BCUT2D eigenvalue weighted by Gasteiger charge is -2.19. The van der Waals surface area contributed by atoms with Crippen LogP contribution in [0.2, 0.25) is 0 Å². The Labute approximate surface area is 108 Å². The minimum absolute atomic E-state index is 0.0686. The summed E-state index contributed by atoms with van der Waals surface area (Å²) in [5, 5.41) is -0.378. The van der Waals surface area contributed by atoms with E-state index in [4.69, 9.17) is 4.74 Å². The number of aromatic nitrogens is 1. The Morgan fingerprint density at radius 3 is 2.67 bits per heavy atom. The monoisotopic (exact) mass is 270 g/mol. The third-order valence-corrected chi connectivity index (χ3v) is 5.26. The molecule has 0 aromatic carbocycles. The van der Waals surface area contributed by atoms with Gasteiger partial charge >= 0.3 is 0 Å². The van der Waals surface area contributed by atoms with E-state index in [2.05, 4.69) is 4.98 Å². The summed E-state index contributed by atoms with van der Waals surface area (Å²) in [6.07, 6.45) is 3.98. The molecule has 1 aliphatic rings. The maximum Gasteiger partial charge on any atom is 0.216 e. The molecule has 2 rings (SSSR count). The van der Waals surface area contributed by atoms with Gasteiger partial charge < -0.3 is 4.74 Å². The smallest absolute Gasteiger partial charge is 0.216 e. The zero-order valence-electron chi connectivity index (χ0n) is 10.6. The van der Waals surface area contributed by atoms with Gasteiger partial charge in [0.25, 0.3) is 0 Å². The molecular weight excluding hydrogens is 252 g/mol. The van der Waals surface area contributed by atoms with Gasteiger partial charge in [0.05, 0.1) is 11.8 Å². The van der Waals surface area contributed by atoms with Gasteiger partial charge in [-0.1, -0.05) is 0 Å². The van der Waals surface area contributed by atoms with E-state index in [1.54, 1.807) is 38.4 Å². The summed E-state index contributed by atoms with van der Waals surface area (Å²) in [5.74, 6) is 0.735. The lowest BCUT2D eigenvalue weighted by atomic mass is 10.3. The summed E-state index contributed by atoms with van der Waals surface area (Å²) in [4.78, 5) is 3.91. The topological polar surface area (TPSA) is 59.5 Å². The van der Waals surface area contributed by atoms with E-state index in [1.807, 2.05) is 0 Å². The fourth-order valence-electron chi connectivity index (χ4n) is 1.93. The molecule has 18 heavy (non-hydrogen) atoms. The van der Waals surface area contributed by atoms with Crippen molar-refractivity contribution in [1.29, 1.82) is 0 Å². The molecule has 1 aromatic rings. The summed E-state index contributed by atoms with van der Waals surface area (Å²) < 4.78 is 31.2. The number of pyridine rings is 1. The van der Waals surface area contributed by atoms with Gasteiger partial charge in [0, 0.05) is 18.9 Å². The van der Waals surface area contributed by atoms with Crippen molar-refractivity contribution in [1.82, 2.24) is 9.29 Å². The van der Waals surface area contributed by atoms with E-state index in [0.29, 0.717) is 13.1 Å². The normalized spacial score (nSPS) is 21.4. The fraction of sp³-hybridized carbons (Fsp3) is 0.583. The molecule has 100 valence electrons. The lowest BCUT2D eigenvalue weighted by molar-refractivity contribution is 0.215. The van der Waals surface area contributed by atoms with Crippen molar-refractivity contribution >= 4 is 10.0 Å². The first-order chi connectivity index (χ1) is 8.50. The third-order valence-electron chi connectivity index (χ3n) is 3.02. The molecule has 0 amide bonds. The largest absolute Gasteiger partial charge is 0.489 e. The van der Waals surface area contributed by atoms with Crippen LogP contribution in [-0.4, -0.2) is 42.2 Å². The van der Waals surface area contributed by atoms with Crippen LogP contribution in [-0.2, 0) is 10.0 Å². The first kappa shape index (κ1) is 13.3. The Morgan fingerprint density at radius 2 is 2.06 bits per heavy atom. The summed E-state index contributed by atoms with van der Waals surface area (Å²) in [6.45, 7) is 4.37. The molecule has 0 radical (unpaired) electrons. The van der Waals surface area contributed by atoms with Crippen molar-refractivity contribution in [2.45, 2.75) is 31.6 Å². The Morgan fingerprint density at radius 1 is 1.39 bits per heavy atom. The van der Waals surface area contributed by atoms with Gasteiger partial charge in [-0.05, 0) is 32.4 Å². The standard InChI is InChI=1S/C12H18N2O3S/c1-10(2)18(15,16)14-8-5-12(9-14)17-11-3-6-13-7-4-11/h3-4,6-7,10,12H,5,8-9H2,1-2H3/t12-/m1/s1. The number of hydrogen-bond acceptors (Lipinski definition) is 4. The number of ether oxygens (including phenoxy) is 1. The van der Waals surface area contributed by atoms with Crippen LogP contribution in [0, 0.1) is 0 Å². The molecule has 0 bridgehead atoms. The SMILES string of the molecule is CC(C)S(=O)(=O)N1CC[C@@H](Oc2ccncc2)C1. The molecule has 0 unspecified atom stereocenters. The molecule has 1 aliphatic heterocycles. The summed E-state index contributed by atoms with van der Waals surface area (Å²) in [7, 11) is -3.16. The second kappa shape index (κ2) is 5.24. The van der Waals surface area contributed by atoms with Gasteiger partial charge in [-0.25, -0.2) is 8.42 Å². The predicted octanol–water partition coefficient (Wildman–Crippen LogP) is 1.27. The van der Waals surface area contributed by atoms with Crippen molar-refractivity contribution in [2.75, 3.05) is 13.1 Å². The highest BCUT2D eigenvalue weighted by Gasteiger charge is 2.34. The first-order valence-electron chi connectivity index (χ1n) is 6.06. The van der Waals surface area contributed by atoms with Crippen molar-refractivity contribution < 1.29 is 13.2 Å². The highest BCUT2D eigenvalue weighted by molar-refractivity contribution is 7.89. The van der Waals surface area contributed by atoms with Gasteiger partial charge in [0.15, 0.2) is 0 Å². The molecule has 5 nitrogen and oxygen atoms in total. The second-order valence-corrected chi connectivity index (χ2v) is 7.15. The first-order valence-corrected chi connectivity index (χ1v) is 7.56. The quantitative estimate of drug-likeness (QED) is 0.826. The van der Waals surface area contributed by atoms with Crippen LogP contribution in [0.3, 0.4) is 0 Å². The number of rotatable bonds is 4. The summed E-state index contributed by atoms with van der Waals surface area (Å²) >= 11 is 0. The highest BCUT2D eigenvalue weighted by Crippen LogP contribution is 2.21. The lowest BCUT2D eigenvalue weighted by Crippen LogP contribution is -2.35. The van der Waals surface area contributed by atoms with Crippen LogP contribution in [0.1, 0.15) is 20.3 Å². The third kappa shape index (κ3) is 2.81. The van der Waals surface area contributed by atoms with Crippen molar-refractivity contribution in [3.8, 4) is 5.75 Å². The van der Waals surface area contributed by atoms with Gasteiger partial charge in [0.1, 0.15) is 11.9 Å². The zero-order valence-corrected chi connectivity index (χ0v) is 11.4. The van der Waals surface area contributed by atoms with Crippen LogP contribution in [0.25, 0.3) is 0 Å². The molecule has 1 atom stereocenters. The maximum absolute atomic E-state index is 12.0. The predicted molar refractivity (Wildman–Crippen MR) is 68.9 cm³/mol.